The largest absolute Gasteiger partial charge is 0.325 e. The third-order valence-electron chi connectivity index (χ3n) is 4.03. The predicted octanol–water partition coefficient (Wildman–Crippen LogP) is 2.50. The van der Waals surface area contributed by atoms with E-state index < -0.39 is 15.4 Å². The van der Waals surface area contributed by atoms with Crippen molar-refractivity contribution in [3.05, 3.63) is 46.2 Å². The van der Waals surface area contributed by atoms with E-state index in [1.807, 2.05) is 17.5 Å². The van der Waals surface area contributed by atoms with Gasteiger partial charge in [0.2, 0.25) is 15.9 Å². The van der Waals surface area contributed by atoms with Gasteiger partial charge < -0.3 is 5.32 Å². The molecule has 1 aliphatic heterocycles. The Balaban J connectivity index is 1.79. The highest BCUT2D eigenvalue weighted by Crippen LogP contribution is 2.38. The van der Waals surface area contributed by atoms with Crippen LogP contribution in [-0.2, 0) is 26.7 Å². The van der Waals surface area contributed by atoms with Crippen LogP contribution in [0.2, 0.25) is 0 Å². The van der Waals surface area contributed by atoms with Crippen LogP contribution >= 0.6 is 11.3 Å². The van der Waals surface area contributed by atoms with Gasteiger partial charge in [0.15, 0.2) is 0 Å². The summed E-state index contributed by atoms with van der Waals surface area (Å²) >= 11 is 1.61. The average Bonchev–Trinajstić information content (AvgIpc) is 3.07. The third-order valence-corrected chi connectivity index (χ3v) is 6.43. The van der Waals surface area contributed by atoms with Crippen LogP contribution in [0.15, 0.2) is 40.6 Å². The number of fused-ring (bicyclic) bond motifs is 1. The Kier molecular flexibility index (Phi) is 4.03. The SMILES string of the molecule is CC1(C)C(=O)Nc2ccc(S(=O)(=O)NCCc3cccs3)cc21. The van der Waals surface area contributed by atoms with Gasteiger partial charge in [0.05, 0.1) is 10.3 Å². The Bertz CT molecular complexity index is 840. The smallest absolute Gasteiger partial charge is 0.240 e. The molecule has 0 fully saturated rings. The number of anilines is 1. The lowest BCUT2D eigenvalue weighted by atomic mass is 9.86. The molecule has 0 atom stereocenters. The molecule has 5 nitrogen and oxygen atoms in total. The molecule has 3 rings (SSSR count). The standard InChI is InChI=1S/C16H18N2O3S2/c1-16(2)13-10-12(5-6-14(13)18-15(16)19)23(20,21)17-8-7-11-4-3-9-22-11/h3-6,9-10,17H,7-8H2,1-2H3,(H,18,19). The number of rotatable bonds is 5. The number of benzene rings is 1. The second-order valence-electron chi connectivity index (χ2n) is 6.01. The number of hydrogen-bond acceptors (Lipinski definition) is 4. The number of carbonyl (C=O) groups is 1. The van der Waals surface area contributed by atoms with Gasteiger partial charge in [-0.1, -0.05) is 6.07 Å². The van der Waals surface area contributed by atoms with E-state index in [4.69, 9.17) is 0 Å². The van der Waals surface area contributed by atoms with Gasteiger partial charge in [-0.15, -0.1) is 11.3 Å². The minimum atomic E-state index is -3.59. The molecule has 0 saturated heterocycles. The molecule has 0 saturated carbocycles. The highest BCUT2D eigenvalue weighted by molar-refractivity contribution is 7.89. The molecule has 2 aromatic rings. The van der Waals surface area contributed by atoms with Crippen LogP contribution in [0.5, 0.6) is 0 Å². The molecule has 2 heterocycles. The fourth-order valence-electron chi connectivity index (χ4n) is 2.56. The first kappa shape index (κ1) is 16.2. The molecule has 0 unspecified atom stereocenters. The predicted molar refractivity (Wildman–Crippen MR) is 91.3 cm³/mol. The number of thiophene rings is 1. The Labute approximate surface area is 139 Å². The van der Waals surface area contributed by atoms with E-state index in [2.05, 4.69) is 10.0 Å². The van der Waals surface area contributed by atoms with Crippen molar-refractivity contribution in [3.8, 4) is 0 Å². The van der Waals surface area contributed by atoms with Crippen molar-refractivity contribution in [3.63, 3.8) is 0 Å². The van der Waals surface area contributed by atoms with Crippen LogP contribution in [0.25, 0.3) is 0 Å². The van der Waals surface area contributed by atoms with Crippen molar-refractivity contribution in [2.75, 3.05) is 11.9 Å². The van der Waals surface area contributed by atoms with Gasteiger partial charge in [-0.2, -0.15) is 0 Å². The summed E-state index contributed by atoms with van der Waals surface area (Å²) in [5.41, 5.74) is 0.666. The van der Waals surface area contributed by atoms with Gasteiger partial charge in [0.1, 0.15) is 0 Å². The fraction of sp³-hybridized carbons (Fsp3) is 0.312. The number of carbonyl (C=O) groups excluding carboxylic acids is 1. The molecular weight excluding hydrogens is 332 g/mol. The summed E-state index contributed by atoms with van der Waals surface area (Å²) in [7, 11) is -3.59. The maximum Gasteiger partial charge on any atom is 0.240 e. The second-order valence-corrected chi connectivity index (χ2v) is 8.81. The highest BCUT2D eigenvalue weighted by Gasteiger charge is 2.39. The number of amides is 1. The molecule has 23 heavy (non-hydrogen) atoms. The summed E-state index contributed by atoms with van der Waals surface area (Å²) < 4.78 is 27.5. The summed E-state index contributed by atoms with van der Waals surface area (Å²) in [5.74, 6) is -0.118. The first-order valence-corrected chi connectivity index (χ1v) is 9.65. The molecule has 2 N–H and O–H groups in total. The zero-order valence-electron chi connectivity index (χ0n) is 12.9. The van der Waals surface area contributed by atoms with Gasteiger partial charge in [0.25, 0.3) is 0 Å². The van der Waals surface area contributed by atoms with Gasteiger partial charge in [-0.05, 0) is 55.5 Å². The van der Waals surface area contributed by atoms with E-state index in [1.165, 1.54) is 6.07 Å². The van der Waals surface area contributed by atoms with Crippen molar-refractivity contribution in [1.29, 1.82) is 0 Å². The van der Waals surface area contributed by atoms with E-state index in [1.54, 1.807) is 37.3 Å². The number of sulfonamides is 1. The Morgan fingerprint density at radius 2 is 2.04 bits per heavy atom. The molecule has 0 radical (unpaired) electrons. The molecule has 1 aromatic carbocycles. The van der Waals surface area contributed by atoms with E-state index in [0.29, 0.717) is 24.2 Å². The van der Waals surface area contributed by atoms with E-state index in [0.717, 1.165) is 4.88 Å². The molecule has 0 aliphatic carbocycles. The van der Waals surface area contributed by atoms with Gasteiger partial charge >= 0.3 is 0 Å². The van der Waals surface area contributed by atoms with Crippen LogP contribution in [0.3, 0.4) is 0 Å². The zero-order valence-corrected chi connectivity index (χ0v) is 14.6. The van der Waals surface area contributed by atoms with Gasteiger partial charge in [-0.3, -0.25) is 4.79 Å². The van der Waals surface area contributed by atoms with Crippen LogP contribution < -0.4 is 10.0 Å². The van der Waals surface area contributed by atoms with Crippen LogP contribution in [0.1, 0.15) is 24.3 Å². The maximum atomic E-state index is 12.4. The lowest BCUT2D eigenvalue weighted by Crippen LogP contribution is -2.28. The second kappa shape index (κ2) is 5.74. The molecular formula is C16H18N2O3S2. The molecule has 122 valence electrons. The number of hydrogen-bond donors (Lipinski definition) is 2. The lowest BCUT2D eigenvalue weighted by molar-refractivity contribution is -0.119. The molecule has 1 amide bonds. The summed E-state index contributed by atoms with van der Waals surface area (Å²) in [6, 6.07) is 8.68. The van der Waals surface area contributed by atoms with E-state index >= 15 is 0 Å². The van der Waals surface area contributed by atoms with Gasteiger partial charge in [0, 0.05) is 17.1 Å². The Morgan fingerprint density at radius 3 is 2.74 bits per heavy atom. The fourth-order valence-corrected chi connectivity index (χ4v) is 4.33. The zero-order chi connectivity index (χ0) is 16.7. The van der Waals surface area contributed by atoms with Crippen LogP contribution in [0, 0.1) is 0 Å². The van der Waals surface area contributed by atoms with Crippen LogP contribution in [-0.4, -0.2) is 20.9 Å². The minimum Gasteiger partial charge on any atom is -0.325 e. The van der Waals surface area contributed by atoms with Crippen molar-refractivity contribution in [2.24, 2.45) is 0 Å². The van der Waals surface area contributed by atoms with Crippen LogP contribution in [0.4, 0.5) is 5.69 Å². The first-order chi connectivity index (χ1) is 10.8. The van der Waals surface area contributed by atoms with E-state index in [9.17, 15) is 13.2 Å². The monoisotopic (exact) mass is 350 g/mol. The van der Waals surface area contributed by atoms with E-state index in [-0.39, 0.29) is 10.8 Å². The third kappa shape index (κ3) is 3.04. The molecule has 0 bridgehead atoms. The van der Waals surface area contributed by atoms with Gasteiger partial charge in [-0.25, -0.2) is 13.1 Å². The summed E-state index contributed by atoms with van der Waals surface area (Å²) in [6.07, 6.45) is 0.660. The maximum absolute atomic E-state index is 12.4. The topological polar surface area (TPSA) is 75.3 Å². The summed E-state index contributed by atoms with van der Waals surface area (Å²) in [4.78, 5) is 13.3. The summed E-state index contributed by atoms with van der Waals surface area (Å²) in [6.45, 7) is 3.92. The molecule has 1 aromatic heterocycles. The highest BCUT2D eigenvalue weighted by atomic mass is 32.2. The molecule has 0 spiro atoms. The van der Waals surface area contributed by atoms with Crippen molar-refractivity contribution < 1.29 is 13.2 Å². The Morgan fingerprint density at radius 1 is 1.26 bits per heavy atom. The summed E-state index contributed by atoms with van der Waals surface area (Å²) in [5, 5.41) is 4.74. The normalized spacial score (nSPS) is 16.2. The van der Waals surface area contributed by atoms with Crippen molar-refractivity contribution >= 4 is 33.0 Å². The quantitative estimate of drug-likeness (QED) is 0.870. The van der Waals surface area contributed by atoms with Crippen molar-refractivity contribution in [1.82, 2.24) is 4.72 Å². The average molecular weight is 350 g/mol. The molecule has 1 aliphatic rings. The first-order valence-electron chi connectivity index (χ1n) is 7.29. The van der Waals surface area contributed by atoms with Crippen molar-refractivity contribution in [2.45, 2.75) is 30.6 Å². The molecule has 7 heteroatoms. The number of nitrogens with one attached hydrogen (secondary N) is 2. The minimum absolute atomic E-state index is 0.118. The Hall–Kier alpha value is -1.70. The lowest BCUT2D eigenvalue weighted by Gasteiger charge is -2.16.